The number of methoxy groups -OCH3 is 1. The summed E-state index contributed by atoms with van der Waals surface area (Å²) in [6, 6.07) is 1.35. The molecule has 0 aromatic carbocycles. The molecule has 0 saturated heterocycles. The van der Waals surface area contributed by atoms with Gasteiger partial charge in [0.25, 0.3) is 0 Å². The van der Waals surface area contributed by atoms with E-state index in [-0.39, 0.29) is 5.82 Å². The first-order valence-electron chi connectivity index (χ1n) is 2.11. The minimum atomic E-state index is -0.230. The van der Waals surface area contributed by atoms with E-state index in [0.29, 0.717) is 5.06 Å². The van der Waals surface area contributed by atoms with E-state index in [1.165, 1.54) is 29.9 Å². The zero-order valence-corrected chi connectivity index (χ0v) is 5.17. The number of halogens is 1. The molecule has 3 heteroatoms. The van der Waals surface area contributed by atoms with Crippen LogP contribution in [0.1, 0.15) is 0 Å². The topological polar surface area (TPSA) is 9.23 Å². The monoisotopic (exact) mass is 132 g/mol. The molecule has 0 aliphatic rings. The number of rotatable bonds is 1. The molecule has 0 amide bonds. The molecule has 0 saturated carbocycles. The third kappa shape index (κ3) is 0.980. The van der Waals surface area contributed by atoms with Crippen molar-refractivity contribution in [1.29, 1.82) is 0 Å². The molecule has 8 heavy (non-hydrogen) atoms. The van der Waals surface area contributed by atoms with Crippen LogP contribution in [0.4, 0.5) is 4.39 Å². The molecule has 0 fully saturated rings. The van der Waals surface area contributed by atoms with Crippen LogP contribution in [0.25, 0.3) is 0 Å². The second-order valence-electron chi connectivity index (χ2n) is 1.29. The first kappa shape index (κ1) is 5.56. The van der Waals surface area contributed by atoms with Gasteiger partial charge >= 0.3 is 0 Å². The van der Waals surface area contributed by atoms with Crippen LogP contribution in [0, 0.1) is 5.82 Å². The maximum atomic E-state index is 12.0. The van der Waals surface area contributed by atoms with Gasteiger partial charge in [0.2, 0.25) is 0 Å². The summed E-state index contributed by atoms with van der Waals surface area (Å²) >= 11 is 1.25. The Labute approximate surface area is 50.7 Å². The van der Waals surface area contributed by atoms with Gasteiger partial charge in [-0.1, -0.05) is 0 Å². The lowest BCUT2D eigenvalue weighted by Crippen LogP contribution is -1.73. The first-order valence-corrected chi connectivity index (χ1v) is 2.99. The van der Waals surface area contributed by atoms with Crippen molar-refractivity contribution in [2.75, 3.05) is 7.11 Å². The highest BCUT2D eigenvalue weighted by atomic mass is 32.1. The Morgan fingerprint density at radius 2 is 2.50 bits per heavy atom. The minimum absolute atomic E-state index is 0.230. The van der Waals surface area contributed by atoms with E-state index in [1.54, 1.807) is 0 Å². The van der Waals surface area contributed by atoms with Gasteiger partial charge in [0, 0.05) is 11.4 Å². The SMILES string of the molecule is COc1cc(F)cs1. The molecule has 0 aliphatic heterocycles. The van der Waals surface area contributed by atoms with Crippen LogP contribution in [0.5, 0.6) is 5.06 Å². The molecule has 0 radical (unpaired) electrons. The van der Waals surface area contributed by atoms with Crippen LogP contribution < -0.4 is 4.74 Å². The second kappa shape index (κ2) is 2.13. The van der Waals surface area contributed by atoms with Crippen LogP contribution in [0.15, 0.2) is 11.4 Å². The van der Waals surface area contributed by atoms with E-state index >= 15 is 0 Å². The van der Waals surface area contributed by atoms with Crippen molar-refractivity contribution < 1.29 is 9.13 Å². The van der Waals surface area contributed by atoms with Crippen molar-refractivity contribution in [2.45, 2.75) is 0 Å². The molecule has 1 heterocycles. The van der Waals surface area contributed by atoms with E-state index in [0.717, 1.165) is 0 Å². The maximum Gasteiger partial charge on any atom is 0.176 e. The van der Waals surface area contributed by atoms with Crippen LogP contribution >= 0.6 is 11.3 Å². The molecule has 1 aromatic rings. The Hall–Kier alpha value is -0.570. The number of hydrogen-bond donors (Lipinski definition) is 0. The van der Waals surface area contributed by atoms with E-state index in [2.05, 4.69) is 0 Å². The molecule has 0 N–H and O–H groups in total. The smallest absolute Gasteiger partial charge is 0.176 e. The van der Waals surface area contributed by atoms with Crippen molar-refractivity contribution in [3.63, 3.8) is 0 Å². The average molecular weight is 132 g/mol. The second-order valence-corrected chi connectivity index (χ2v) is 2.16. The molecule has 0 bridgehead atoms. The standard InChI is InChI=1S/C5H5FOS/c1-7-5-2-4(6)3-8-5/h2-3H,1H3. The number of ether oxygens (including phenoxy) is 1. The van der Waals surface area contributed by atoms with Crippen LogP contribution in [0.3, 0.4) is 0 Å². The largest absolute Gasteiger partial charge is 0.487 e. The molecule has 0 aliphatic carbocycles. The summed E-state index contributed by atoms with van der Waals surface area (Å²) in [5.74, 6) is -0.230. The lowest BCUT2D eigenvalue weighted by atomic mass is 10.6. The van der Waals surface area contributed by atoms with Crippen molar-refractivity contribution in [3.8, 4) is 5.06 Å². The summed E-state index contributed by atoms with van der Waals surface area (Å²) in [6.45, 7) is 0. The van der Waals surface area contributed by atoms with Crippen LogP contribution in [0.2, 0.25) is 0 Å². The fourth-order valence-electron chi connectivity index (χ4n) is 0.402. The van der Waals surface area contributed by atoms with Gasteiger partial charge in [0.1, 0.15) is 5.82 Å². The Balaban J connectivity index is 2.84. The molecule has 0 atom stereocenters. The van der Waals surface area contributed by atoms with Crippen molar-refractivity contribution in [1.82, 2.24) is 0 Å². The van der Waals surface area contributed by atoms with Gasteiger partial charge in [-0.05, 0) is 0 Å². The summed E-state index contributed by atoms with van der Waals surface area (Å²) in [4.78, 5) is 0. The summed E-state index contributed by atoms with van der Waals surface area (Å²) in [5, 5.41) is 2.02. The van der Waals surface area contributed by atoms with Crippen LogP contribution in [-0.4, -0.2) is 7.11 Å². The van der Waals surface area contributed by atoms with Gasteiger partial charge in [-0.3, -0.25) is 0 Å². The Morgan fingerprint density at radius 1 is 1.75 bits per heavy atom. The quantitative estimate of drug-likeness (QED) is 0.567. The van der Waals surface area contributed by atoms with Crippen LogP contribution in [-0.2, 0) is 0 Å². The van der Waals surface area contributed by atoms with Gasteiger partial charge < -0.3 is 4.74 Å². The molecule has 44 valence electrons. The Kier molecular flexibility index (Phi) is 1.48. The Bertz CT molecular complexity index is 173. The predicted octanol–water partition coefficient (Wildman–Crippen LogP) is 1.90. The highest BCUT2D eigenvalue weighted by Gasteiger charge is 1.94. The fourth-order valence-corrected chi connectivity index (χ4v) is 0.976. The fraction of sp³-hybridized carbons (Fsp3) is 0.200. The van der Waals surface area contributed by atoms with Gasteiger partial charge in [-0.25, -0.2) is 4.39 Å². The summed E-state index contributed by atoms with van der Waals surface area (Å²) in [6.07, 6.45) is 0. The van der Waals surface area contributed by atoms with Gasteiger partial charge in [0.05, 0.1) is 7.11 Å². The van der Waals surface area contributed by atoms with Gasteiger partial charge in [-0.2, -0.15) is 0 Å². The zero-order chi connectivity index (χ0) is 5.98. The predicted molar refractivity (Wildman–Crippen MR) is 30.8 cm³/mol. The number of hydrogen-bond acceptors (Lipinski definition) is 2. The molecular formula is C5H5FOS. The third-order valence-corrected chi connectivity index (χ3v) is 1.60. The molecule has 1 nitrogen and oxygen atoms in total. The van der Waals surface area contributed by atoms with Gasteiger partial charge in [-0.15, -0.1) is 11.3 Å². The summed E-state index contributed by atoms with van der Waals surface area (Å²) < 4.78 is 16.8. The molecule has 1 rings (SSSR count). The first-order chi connectivity index (χ1) is 3.83. The molecular weight excluding hydrogens is 127 g/mol. The highest BCUT2D eigenvalue weighted by molar-refractivity contribution is 7.11. The normalized spacial score (nSPS) is 9.25. The average Bonchev–Trinajstić information content (AvgIpc) is 2.14. The third-order valence-electron chi connectivity index (χ3n) is 0.745. The van der Waals surface area contributed by atoms with Crippen molar-refractivity contribution in [3.05, 3.63) is 17.3 Å². The van der Waals surface area contributed by atoms with E-state index in [9.17, 15) is 4.39 Å². The molecule has 0 unspecified atom stereocenters. The zero-order valence-electron chi connectivity index (χ0n) is 4.35. The lowest BCUT2D eigenvalue weighted by molar-refractivity contribution is 0.425. The van der Waals surface area contributed by atoms with E-state index in [4.69, 9.17) is 4.74 Å². The number of thiophene rings is 1. The summed E-state index contributed by atoms with van der Waals surface area (Å²) in [7, 11) is 1.52. The molecule has 1 aromatic heterocycles. The highest BCUT2D eigenvalue weighted by Crippen LogP contribution is 2.20. The lowest BCUT2D eigenvalue weighted by Gasteiger charge is -1.86. The van der Waals surface area contributed by atoms with Gasteiger partial charge in [0.15, 0.2) is 5.06 Å². The van der Waals surface area contributed by atoms with Crippen molar-refractivity contribution >= 4 is 11.3 Å². The van der Waals surface area contributed by atoms with E-state index < -0.39 is 0 Å². The minimum Gasteiger partial charge on any atom is -0.487 e. The van der Waals surface area contributed by atoms with Crippen molar-refractivity contribution in [2.24, 2.45) is 0 Å². The Morgan fingerprint density at radius 3 is 2.75 bits per heavy atom. The maximum absolute atomic E-state index is 12.0. The van der Waals surface area contributed by atoms with E-state index in [1.807, 2.05) is 0 Å². The molecule has 0 spiro atoms. The summed E-state index contributed by atoms with van der Waals surface area (Å²) in [5.41, 5.74) is 0.